The highest BCUT2D eigenvalue weighted by molar-refractivity contribution is 5.44. The summed E-state index contributed by atoms with van der Waals surface area (Å²) in [5, 5.41) is 3.34. The minimum Gasteiger partial charge on any atom is -0.368 e. The van der Waals surface area contributed by atoms with Gasteiger partial charge in [-0.15, -0.1) is 0 Å². The van der Waals surface area contributed by atoms with Crippen LogP contribution in [0.1, 0.15) is 30.4 Å². The standard InChI is InChI=1S/C17H21FN6/c18-13-5-4-11-9-14(10-12(11)8-13)20-16-21-15(19)22-17(23-16)24-6-2-1-3-7-24/h4-5,8,14H,1-3,6-7,9-10H2,(H3,19,20,21,22,23). The number of benzene rings is 1. The molecule has 0 amide bonds. The molecule has 7 heteroatoms. The van der Waals surface area contributed by atoms with Crippen molar-refractivity contribution in [1.82, 2.24) is 15.0 Å². The Morgan fingerprint density at radius 2 is 1.83 bits per heavy atom. The van der Waals surface area contributed by atoms with Gasteiger partial charge in [-0.1, -0.05) is 6.07 Å². The normalized spacial score (nSPS) is 20.0. The lowest BCUT2D eigenvalue weighted by Crippen LogP contribution is -2.32. The highest BCUT2D eigenvalue weighted by Gasteiger charge is 2.23. The van der Waals surface area contributed by atoms with Gasteiger partial charge in [-0.2, -0.15) is 15.0 Å². The Balaban J connectivity index is 1.50. The van der Waals surface area contributed by atoms with Gasteiger partial charge in [-0.25, -0.2) is 4.39 Å². The summed E-state index contributed by atoms with van der Waals surface area (Å²) >= 11 is 0. The van der Waals surface area contributed by atoms with Gasteiger partial charge in [0.05, 0.1) is 0 Å². The summed E-state index contributed by atoms with van der Waals surface area (Å²) in [5.74, 6) is 1.19. The maximum atomic E-state index is 13.4. The number of nitrogens with zero attached hydrogens (tertiary/aromatic N) is 4. The van der Waals surface area contributed by atoms with Crippen LogP contribution in [-0.2, 0) is 12.8 Å². The van der Waals surface area contributed by atoms with Gasteiger partial charge in [-0.3, -0.25) is 0 Å². The van der Waals surface area contributed by atoms with E-state index in [2.05, 4.69) is 25.2 Å². The number of hydrogen-bond acceptors (Lipinski definition) is 6. The van der Waals surface area contributed by atoms with Crippen molar-refractivity contribution in [3.8, 4) is 0 Å². The van der Waals surface area contributed by atoms with E-state index >= 15 is 0 Å². The largest absolute Gasteiger partial charge is 0.368 e. The van der Waals surface area contributed by atoms with Gasteiger partial charge in [0.2, 0.25) is 17.8 Å². The SMILES string of the molecule is Nc1nc(NC2Cc3ccc(F)cc3C2)nc(N2CCCCC2)n1. The number of aromatic nitrogens is 3. The first kappa shape index (κ1) is 15.1. The van der Waals surface area contributed by atoms with Crippen molar-refractivity contribution in [2.45, 2.75) is 38.1 Å². The summed E-state index contributed by atoms with van der Waals surface area (Å²) < 4.78 is 13.4. The molecule has 1 aliphatic carbocycles. The number of rotatable bonds is 3. The fraction of sp³-hybridized carbons (Fsp3) is 0.471. The summed E-state index contributed by atoms with van der Waals surface area (Å²) in [7, 11) is 0. The smallest absolute Gasteiger partial charge is 0.231 e. The van der Waals surface area contributed by atoms with Crippen LogP contribution in [0.5, 0.6) is 0 Å². The first-order valence-corrected chi connectivity index (χ1v) is 8.48. The molecule has 4 rings (SSSR count). The Bertz CT molecular complexity index is 744. The number of piperidine rings is 1. The molecule has 126 valence electrons. The average molecular weight is 328 g/mol. The molecule has 0 saturated carbocycles. The van der Waals surface area contributed by atoms with Crippen molar-refractivity contribution in [2.24, 2.45) is 0 Å². The quantitative estimate of drug-likeness (QED) is 0.899. The lowest BCUT2D eigenvalue weighted by atomic mass is 10.1. The number of nitrogen functional groups attached to an aromatic ring is 1. The van der Waals surface area contributed by atoms with Crippen LogP contribution in [-0.4, -0.2) is 34.1 Å². The molecule has 3 N–H and O–H groups in total. The van der Waals surface area contributed by atoms with E-state index in [4.69, 9.17) is 5.73 Å². The number of halogens is 1. The van der Waals surface area contributed by atoms with E-state index in [-0.39, 0.29) is 17.8 Å². The van der Waals surface area contributed by atoms with Crippen LogP contribution in [0.25, 0.3) is 0 Å². The monoisotopic (exact) mass is 328 g/mol. The predicted octanol–water partition coefficient (Wildman–Crippen LogP) is 2.16. The van der Waals surface area contributed by atoms with Crippen LogP contribution in [0.4, 0.5) is 22.2 Å². The van der Waals surface area contributed by atoms with Crippen molar-refractivity contribution < 1.29 is 4.39 Å². The molecule has 1 atom stereocenters. The number of hydrogen-bond donors (Lipinski definition) is 2. The molecule has 1 aliphatic heterocycles. The Labute approximate surface area is 140 Å². The number of nitrogens with one attached hydrogen (secondary N) is 1. The molecule has 1 aromatic heterocycles. The van der Waals surface area contributed by atoms with E-state index < -0.39 is 0 Å². The van der Waals surface area contributed by atoms with Crippen LogP contribution in [0, 0.1) is 5.82 Å². The van der Waals surface area contributed by atoms with E-state index in [1.54, 1.807) is 6.07 Å². The molecule has 24 heavy (non-hydrogen) atoms. The van der Waals surface area contributed by atoms with E-state index in [9.17, 15) is 4.39 Å². The van der Waals surface area contributed by atoms with Gasteiger partial charge in [0.25, 0.3) is 0 Å². The van der Waals surface area contributed by atoms with Crippen LogP contribution >= 0.6 is 0 Å². The first-order valence-electron chi connectivity index (χ1n) is 8.48. The molecule has 6 nitrogen and oxygen atoms in total. The molecule has 2 aromatic rings. The number of nitrogens with two attached hydrogens (primary N) is 1. The second-order valence-electron chi connectivity index (χ2n) is 6.53. The summed E-state index contributed by atoms with van der Waals surface area (Å²) in [6.45, 7) is 1.91. The van der Waals surface area contributed by atoms with Crippen molar-refractivity contribution >= 4 is 17.8 Å². The molecule has 2 aliphatic rings. The maximum absolute atomic E-state index is 13.4. The summed E-state index contributed by atoms with van der Waals surface area (Å²) in [6.07, 6.45) is 5.15. The molecule has 2 heterocycles. The second-order valence-corrected chi connectivity index (χ2v) is 6.53. The van der Waals surface area contributed by atoms with E-state index in [0.29, 0.717) is 11.9 Å². The number of anilines is 3. The van der Waals surface area contributed by atoms with Gasteiger partial charge in [0.15, 0.2) is 0 Å². The number of fused-ring (bicyclic) bond motifs is 1. The molecule has 1 saturated heterocycles. The zero-order valence-corrected chi connectivity index (χ0v) is 13.5. The zero-order chi connectivity index (χ0) is 16.5. The predicted molar refractivity (Wildman–Crippen MR) is 91.5 cm³/mol. The van der Waals surface area contributed by atoms with Crippen molar-refractivity contribution in [3.05, 3.63) is 35.1 Å². The molecule has 1 aromatic carbocycles. The fourth-order valence-corrected chi connectivity index (χ4v) is 3.55. The van der Waals surface area contributed by atoms with Crippen molar-refractivity contribution in [3.63, 3.8) is 0 Å². The van der Waals surface area contributed by atoms with Crippen LogP contribution in [0.2, 0.25) is 0 Å². The third-order valence-electron chi connectivity index (χ3n) is 4.71. The average Bonchev–Trinajstić information content (AvgIpc) is 2.96. The molecule has 1 fully saturated rings. The molecule has 0 bridgehead atoms. The highest BCUT2D eigenvalue weighted by Crippen LogP contribution is 2.25. The lowest BCUT2D eigenvalue weighted by Gasteiger charge is -2.27. The Morgan fingerprint density at radius 3 is 2.67 bits per heavy atom. The molecular weight excluding hydrogens is 307 g/mol. The minimum atomic E-state index is -0.189. The topological polar surface area (TPSA) is 80.0 Å². The van der Waals surface area contributed by atoms with Gasteiger partial charge in [-0.05, 0) is 55.4 Å². The molecule has 1 unspecified atom stereocenters. The Hall–Kier alpha value is -2.44. The van der Waals surface area contributed by atoms with Crippen LogP contribution in [0.3, 0.4) is 0 Å². The van der Waals surface area contributed by atoms with E-state index in [1.807, 2.05) is 6.07 Å². The lowest BCUT2D eigenvalue weighted by molar-refractivity contribution is 0.567. The summed E-state index contributed by atoms with van der Waals surface area (Å²) in [5.41, 5.74) is 8.09. The first-order chi connectivity index (χ1) is 11.7. The minimum absolute atomic E-state index is 0.151. The fourth-order valence-electron chi connectivity index (χ4n) is 3.55. The maximum Gasteiger partial charge on any atom is 0.231 e. The molecule has 0 spiro atoms. The summed E-state index contributed by atoms with van der Waals surface area (Å²) in [4.78, 5) is 15.2. The molecular formula is C17H21FN6. The second kappa shape index (κ2) is 6.22. The van der Waals surface area contributed by atoms with Gasteiger partial charge >= 0.3 is 0 Å². The van der Waals surface area contributed by atoms with Crippen molar-refractivity contribution in [2.75, 3.05) is 29.0 Å². The van der Waals surface area contributed by atoms with Gasteiger partial charge in [0.1, 0.15) is 5.82 Å². The van der Waals surface area contributed by atoms with Gasteiger partial charge in [0, 0.05) is 19.1 Å². The van der Waals surface area contributed by atoms with Gasteiger partial charge < -0.3 is 16.0 Å². The van der Waals surface area contributed by atoms with Crippen LogP contribution < -0.4 is 16.0 Å². The van der Waals surface area contributed by atoms with Crippen LogP contribution in [0.15, 0.2) is 18.2 Å². The van der Waals surface area contributed by atoms with E-state index in [0.717, 1.165) is 44.3 Å². The van der Waals surface area contributed by atoms with Crippen molar-refractivity contribution in [1.29, 1.82) is 0 Å². The third-order valence-corrected chi connectivity index (χ3v) is 4.71. The third kappa shape index (κ3) is 3.11. The Morgan fingerprint density at radius 1 is 1.04 bits per heavy atom. The Kier molecular flexibility index (Phi) is 3.92. The highest BCUT2D eigenvalue weighted by atomic mass is 19.1. The van der Waals surface area contributed by atoms with E-state index in [1.165, 1.54) is 18.1 Å². The zero-order valence-electron chi connectivity index (χ0n) is 13.5. The molecule has 0 radical (unpaired) electrons. The summed E-state index contributed by atoms with van der Waals surface area (Å²) in [6, 6.07) is 5.12.